The zero-order chi connectivity index (χ0) is 14.7. The van der Waals surface area contributed by atoms with Crippen LogP contribution in [0.5, 0.6) is 11.5 Å². The van der Waals surface area contributed by atoms with E-state index in [4.69, 9.17) is 15.2 Å². The van der Waals surface area contributed by atoms with Gasteiger partial charge in [-0.15, -0.1) is 0 Å². The van der Waals surface area contributed by atoms with E-state index in [1.165, 1.54) is 4.57 Å². The van der Waals surface area contributed by atoms with Crippen molar-refractivity contribution < 1.29 is 9.47 Å². The Hall–Kier alpha value is -2.21. The Morgan fingerprint density at radius 3 is 2.45 bits per heavy atom. The average Bonchev–Trinajstić information content (AvgIpc) is 2.78. The minimum Gasteiger partial charge on any atom is -0.493 e. The van der Waals surface area contributed by atoms with Gasteiger partial charge in [0.05, 0.1) is 14.2 Å². The second-order valence-corrected chi connectivity index (χ2v) is 4.56. The molecule has 0 saturated carbocycles. The first-order chi connectivity index (χ1) is 9.56. The molecule has 1 atom stereocenters. The SMILES string of the molecule is COc1ccc(C(N)Cn2ccn(C)c2=O)cc1OC. The van der Waals surface area contributed by atoms with E-state index < -0.39 is 0 Å². The molecule has 20 heavy (non-hydrogen) atoms. The number of methoxy groups -OCH3 is 2. The minimum absolute atomic E-state index is 0.0825. The summed E-state index contributed by atoms with van der Waals surface area (Å²) >= 11 is 0. The number of rotatable bonds is 5. The van der Waals surface area contributed by atoms with E-state index in [2.05, 4.69) is 0 Å². The molecular weight excluding hydrogens is 258 g/mol. The molecule has 0 spiro atoms. The molecule has 0 radical (unpaired) electrons. The van der Waals surface area contributed by atoms with Gasteiger partial charge in [0.1, 0.15) is 0 Å². The van der Waals surface area contributed by atoms with Crippen molar-refractivity contribution in [2.75, 3.05) is 14.2 Å². The van der Waals surface area contributed by atoms with Crippen LogP contribution in [-0.4, -0.2) is 23.4 Å². The van der Waals surface area contributed by atoms with E-state index in [-0.39, 0.29) is 11.7 Å². The van der Waals surface area contributed by atoms with Gasteiger partial charge < -0.3 is 19.8 Å². The fourth-order valence-corrected chi connectivity index (χ4v) is 2.05. The van der Waals surface area contributed by atoms with Gasteiger partial charge in [-0.2, -0.15) is 0 Å². The van der Waals surface area contributed by atoms with Gasteiger partial charge in [-0.05, 0) is 17.7 Å². The Balaban J connectivity index is 2.23. The summed E-state index contributed by atoms with van der Waals surface area (Å²) in [6, 6.07) is 5.22. The second-order valence-electron chi connectivity index (χ2n) is 4.56. The minimum atomic E-state index is -0.296. The lowest BCUT2D eigenvalue weighted by atomic mass is 10.1. The molecule has 0 amide bonds. The monoisotopic (exact) mass is 277 g/mol. The predicted molar refractivity (Wildman–Crippen MR) is 76.1 cm³/mol. The number of imidazole rings is 1. The molecule has 1 aromatic carbocycles. The maximum absolute atomic E-state index is 11.8. The molecule has 2 rings (SSSR count). The molecule has 6 nitrogen and oxygen atoms in total. The number of aromatic nitrogens is 2. The molecule has 0 aliphatic rings. The molecule has 0 aliphatic heterocycles. The van der Waals surface area contributed by atoms with Crippen LogP contribution in [0.15, 0.2) is 35.4 Å². The lowest BCUT2D eigenvalue weighted by Gasteiger charge is -2.15. The van der Waals surface area contributed by atoms with Crippen LogP contribution in [0, 0.1) is 0 Å². The molecule has 0 saturated heterocycles. The van der Waals surface area contributed by atoms with Crippen LogP contribution in [0.25, 0.3) is 0 Å². The Morgan fingerprint density at radius 2 is 1.90 bits per heavy atom. The largest absolute Gasteiger partial charge is 0.493 e. The van der Waals surface area contributed by atoms with E-state index in [1.54, 1.807) is 38.2 Å². The van der Waals surface area contributed by atoms with Crippen LogP contribution >= 0.6 is 0 Å². The van der Waals surface area contributed by atoms with Gasteiger partial charge in [0, 0.05) is 32.0 Å². The van der Waals surface area contributed by atoms with Crippen molar-refractivity contribution >= 4 is 0 Å². The summed E-state index contributed by atoms with van der Waals surface area (Å²) in [6.45, 7) is 0.412. The third kappa shape index (κ3) is 2.70. The summed E-state index contributed by atoms with van der Waals surface area (Å²) in [5.41, 5.74) is 6.96. The number of nitrogens with zero attached hydrogens (tertiary/aromatic N) is 2. The highest BCUT2D eigenvalue weighted by Gasteiger charge is 2.12. The summed E-state index contributed by atoms with van der Waals surface area (Å²) < 4.78 is 13.5. The van der Waals surface area contributed by atoms with Crippen molar-refractivity contribution in [1.29, 1.82) is 0 Å². The molecule has 2 N–H and O–H groups in total. The number of ether oxygens (including phenoxy) is 2. The van der Waals surface area contributed by atoms with Gasteiger partial charge in [-0.25, -0.2) is 4.79 Å². The molecule has 1 aromatic heterocycles. The van der Waals surface area contributed by atoms with Crippen LogP contribution in [0.4, 0.5) is 0 Å². The highest BCUT2D eigenvalue weighted by atomic mass is 16.5. The highest BCUT2D eigenvalue weighted by Crippen LogP contribution is 2.29. The molecule has 2 aromatic rings. The Morgan fingerprint density at radius 1 is 1.20 bits per heavy atom. The van der Waals surface area contributed by atoms with E-state index >= 15 is 0 Å². The molecule has 6 heteroatoms. The van der Waals surface area contributed by atoms with Crippen LogP contribution in [0.2, 0.25) is 0 Å². The summed E-state index contributed by atoms with van der Waals surface area (Å²) in [5.74, 6) is 1.28. The topological polar surface area (TPSA) is 71.4 Å². The quantitative estimate of drug-likeness (QED) is 0.881. The molecule has 1 heterocycles. The van der Waals surface area contributed by atoms with E-state index in [1.807, 2.05) is 18.2 Å². The zero-order valence-corrected chi connectivity index (χ0v) is 11.9. The standard InChI is InChI=1S/C14H19N3O3/c1-16-6-7-17(14(16)18)9-11(15)10-4-5-12(19-2)13(8-10)20-3/h4-8,11H,9,15H2,1-3H3. The fourth-order valence-electron chi connectivity index (χ4n) is 2.05. The molecule has 0 aliphatic carbocycles. The fraction of sp³-hybridized carbons (Fsp3) is 0.357. The third-order valence-electron chi connectivity index (χ3n) is 3.25. The van der Waals surface area contributed by atoms with Gasteiger partial charge in [0.25, 0.3) is 0 Å². The smallest absolute Gasteiger partial charge is 0.327 e. The number of hydrogen-bond donors (Lipinski definition) is 1. The van der Waals surface area contributed by atoms with Crippen molar-refractivity contribution in [2.45, 2.75) is 12.6 Å². The Bertz CT molecular complexity index is 645. The number of hydrogen-bond acceptors (Lipinski definition) is 4. The molecule has 0 fully saturated rings. The van der Waals surface area contributed by atoms with E-state index in [9.17, 15) is 4.79 Å². The van der Waals surface area contributed by atoms with Gasteiger partial charge in [-0.1, -0.05) is 6.07 Å². The highest BCUT2D eigenvalue weighted by molar-refractivity contribution is 5.43. The third-order valence-corrected chi connectivity index (χ3v) is 3.25. The second kappa shape index (κ2) is 5.83. The molecule has 0 bridgehead atoms. The van der Waals surface area contributed by atoms with Crippen molar-refractivity contribution in [3.63, 3.8) is 0 Å². The van der Waals surface area contributed by atoms with E-state index in [0.29, 0.717) is 18.0 Å². The van der Waals surface area contributed by atoms with Crippen LogP contribution in [0.3, 0.4) is 0 Å². The summed E-state index contributed by atoms with van der Waals surface area (Å²) in [7, 11) is 4.87. The Labute approximate surface area is 117 Å². The summed E-state index contributed by atoms with van der Waals surface area (Å²) in [6.07, 6.45) is 3.44. The maximum Gasteiger partial charge on any atom is 0.327 e. The normalized spacial score (nSPS) is 12.2. The molecular formula is C14H19N3O3. The van der Waals surface area contributed by atoms with Gasteiger partial charge in [0.2, 0.25) is 0 Å². The number of benzene rings is 1. The van der Waals surface area contributed by atoms with Crippen molar-refractivity contribution in [1.82, 2.24) is 9.13 Å². The Kier molecular flexibility index (Phi) is 4.14. The van der Waals surface area contributed by atoms with Crippen LogP contribution in [0.1, 0.15) is 11.6 Å². The molecule has 1 unspecified atom stereocenters. The number of aryl methyl sites for hydroxylation is 1. The maximum atomic E-state index is 11.8. The van der Waals surface area contributed by atoms with Crippen molar-refractivity contribution in [3.05, 3.63) is 46.6 Å². The van der Waals surface area contributed by atoms with Gasteiger partial charge in [0.15, 0.2) is 11.5 Å². The zero-order valence-electron chi connectivity index (χ0n) is 11.9. The summed E-state index contributed by atoms with van der Waals surface area (Å²) in [4.78, 5) is 11.8. The number of nitrogens with two attached hydrogens (primary N) is 1. The lowest BCUT2D eigenvalue weighted by Crippen LogP contribution is -2.27. The van der Waals surface area contributed by atoms with Crippen LogP contribution in [-0.2, 0) is 13.6 Å². The predicted octanol–water partition coefficient (Wildman–Crippen LogP) is 0.904. The van der Waals surface area contributed by atoms with Gasteiger partial charge in [-0.3, -0.25) is 4.57 Å². The van der Waals surface area contributed by atoms with E-state index in [0.717, 1.165) is 5.56 Å². The van der Waals surface area contributed by atoms with Crippen molar-refractivity contribution in [3.8, 4) is 11.5 Å². The lowest BCUT2D eigenvalue weighted by molar-refractivity contribution is 0.354. The van der Waals surface area contributed by atoms with Gasteiger partial charge >= 0.3 is 5.69 Å². The van der Waals surface area contributed by atoms with Crippen molar-refractivity contribution in [2.24, 2.45) is 12.8 Å². The average molecular weight is 277 g/mol. The van der Waals surface area contributed by atoms with Crippen LogP contribution < -0.4 is 20.9 Å². The summed E-state index contributed by atoms with van der Waals surface area (Å²) in [5, 5.41) is 0. The first-order valence-corrected chi connectivity index (χ1v) is 6.26. The molecule has 108 valence electrons. The first kappa shape index (κ1) is 14.2. The first-order valence-electron chi connectivity index (χ1n) is 6.26.